The summed E-state index contributed by atoms with van der Waals surface area (Å²) >= 11 is 0. The van der Waals surface area contributed by atoms with Crippen LogP contribution in [-0.2, 0) is 4.79 Å². The van der Waals surface area contributed by atoms with Crippen LogP contribution in [0.3, 0.4) is 0 Å². The maximum atomic E-state index is 12.1. The topological polar surface area (TPSA) is 60.2 Å². The predicted molar refractivity (Wildman–Crippen MR) is 84.3 cm³/mol. The largest absolute Gasteiger partial charge is 0.484 e. The summed E-state index contributed by atoms with van der Waals surface area (Å²) in [4.78, 5) is 13.9. The van der Waals surface area contributed by atoms with Gasteiger partial charge in [-0.05, 0) is 37.5 Å². The van der Waals surface area contributed by atoms with Crippen LogP contribution in [0.4, 0.5) is 0 Å². The van der Waals surface area contributed by atoms with Gasteiger partial charge in [0, 0.05) is 25.2 Å². The third kappa shape index (κ3) is 3.06. The fourth-order valence-electron chi connectivity index (χ4n) is 2.80. The third-order valence-electron chi connectivity index (χ3n) is 4.46. The summed E-state index contributed by atoms with van der Waals surface area (Å²) in [6.45, 7) is 3.45. The fraction of sp³-hybridized carbons (Fsp3) is 0.471. The Bertz CT molecular complexity index is 717. The summed E-state index contributed by atoms with van der Waals surface area (Å²) in [5, 5.41) is 8.41. The van der Waals surface area contributed by atoms with Crippen molar-refractivity contribution in [3.05, 3.63) is 41.7 Å². The van der Waals surface area contributed by atoms with Gasteiger partial charge in [-0.3, -0.25) is 4.79 Å². The lowest BCUT2D eigenvalue weighted by Crippen LogP contribution is -2.52. The van der Waals surface area contributed by atoms with Gasteiger partial charge in [0.15, 0.2) is 6.61 Å². The van der Waals surface area contributed by atoms with Gasteiger partial charge in [0.1, 0.15) is 5.75 Å². The van der Waals surface area contributed by atoms with Crippen molar-refractivity contribution >= 4 is 5.91 Å². The number of hydrogen-bond donors (Lipinski definition) is 0. The molecule has 0 atom stereocenters. The van der Waals surface area contributed by atoms with Crippen molar-refractivity contribution in [1.29, 1.82) is 0 Å². The first-order chi connectivity index (χ1) is 11.2. The number of rotatable bonds is 5. The molecule has 2 heterocycles. The molecule has 2 fully saturated rings. The summed E-state index contributed by atoms with van der Waals surface area (Å²) in [6.07, 6.45) is 4.49. The molecule has 23 heavy (non-hydrogen) atoms. The first-order valence-corrected chi connectivity index (χ1v) is 8.08. The van der Waals surface area contributed by atoms with Crippen molar-refractivity contribution in [2.24, 2.45) is 0 Å². The maximum Gasteiger partial charge on any atom is 0.260 e. The van der Waals surface area contributed by atoms with E-state index < -0.39 is 0 Å². The van der Waals surface area contributed by atoms with Crippen LogP contribution in [0.25, 0.3) is 0 Å². The van der Waals surface area contributed by atoms with E-state index in [9.17, 15) is 4.79 Å². The van der Waals surface area contributed by atoms with Crippen molar-refractivity contribution in [3.8, 4) is 5.75 Å². The molecule has 1 saturated carbocycles. The van der Waals surface area contributed by atoms with Crippen molar-refractivity contribution in [3.63, 3.8) is 0 Å². The van der Waals surface area contributed by atoms with Gasteiger partial charge in [0.05, 0.1) is 11.7 Å². The Kier molecular flexibility index (Phi) is 3.52. The minimum absolute atomic E-state index is 0.0188. The van der Waals surface area contributed by atoms with Crippen molar-refractivity contribution < 1.29 is 9.53 Å². The van der Waals surface area contributed by atoms with E-state index in [0.717, 1.165) is 17.0 Å². The maximum absolute atomic E-state index is 12.1. The summed E-state index contributed by atoms with van der Waals surface area (Å²) in [7, 11) is 0. The Morgan fingerprint density at radius 1 is 1.35 bits per heavy atom. The summed E-state index contributed by atoms with van der Waals surface area (Å²) < 4.78 is 7.47. The quantitative estimate of drug-likeness (QED) is 0.846. The molecule has 120 valence electrons. The molecule has 0 unspecified atom stereocenters. The molecule has 1 aliphatic carbocycles. The predicted octanol–water partition coefficient (Wildman–Crippen LogP) is 1.93. The highest BCUT2D eigenvalue weighted by Crippen LogP contribution is 2.39. The zero-order valence-electron chi connectivity index (χ0n) is 13.2. The van der Waals surface area contributed by atoms with E-state index in [4.69, 9.17) is 4.74 Å². The van der Waals surface area contributed by atoms with E-state index in [2.05, 4.69) is 10.3 Å². The minimum Gasteiger partial charge on any atom is -0.484 e. The zero-order valence-corrected chi connectivity index (χ0v) is 13.2. The Morgan fingerprint density at radius 2 is 2.17 bits per heavy atom. The van der Waals surface area contributed by atoms with Crippen LogP contribution in [-0.4, -0.2) is 45.5 Å². The van der Waals surface area contributed by atoms with Crippen LogP contribution in [0, 0.1) is 6.92 Å². The molecule has 0 radical (unpaired) electrons. The van der Waals surface area contributed by atoms with Gasteiger partial charge in [0.25, 0.3) is 5.91 Å². The lowest BCUT2D eigenvalue weighted by molar-refractivity contribution is -0.139. The van der Waals surface area contributed by atoms with Gasteiger partial charge in [0.2, 0.25) is 0 Å². The molecule has 0 bridgehead atoms. The Hall–Kier alpha value is -2.37. The Labute approximate surface area is 135 Å². The SMILES string of the molecule is Cc1cccc(OCC(=O)N2CC(n3cc(C4CC4)nn3)C2)c1. The average molecular weight is 312 g/mol. The third-order valence-corrected chi connectivity index (χ3v) is 4.46. The summed E-state index contributed by atoms with van der Waals surface area (Å²) in [5.41, 5.74) is 2.22. The van der Waals surface area contributed by atoms with E-state index in [1.54, 1.807) is 4.90 Å². The Morgan fingerprint density at radius 3 is 2.91 bits per heavy atom. The number of carbonyl (C=O) groups is 1. The molecule has 1 aromatic carbocycles. The second-order valence-electron chi connectivity index (χ2n) is 6.46. The molecule has 1 aliphatic heterocycles. The molecule has 4 rings (SSSR count). The highest BCUT2D eigenvalue weighted by Gasteiger charge is 2.34. The first kappa shape index (κ1) is 14.2. The van der Waals surface area contributed by atoms with Crippen LogP contribution < -0.4 is 4.74 Å². The van der Waals surface area contributed by atoms with Crippen LogP contribution in [0.2, 0.25) is 0 Å². The molecule has 1 amide bonds. The molecule has 6 nitrogen and oxygen atoms in total. The summed E-state index contributed by atoms with van der Waals surface area (Å²) in [6, 6.07) is 7.98. The van der Waals surface area contributed by atoms with E-state index >= 15 is 0 Å². The smallest absolute Gasteiger partial charge is 0.260 e. The minimum atomic E-state index is 0.0188. The van der Waals surface area contributed by atoms with Gasteiger partial charge in [-0.15, -0.1) is 5.10 Å². The molecule has 0 N–H and O–H groups in total. The zero-order chi connectivity index (χ0) is 15.8. The molecule has 1 saturated heterocycles. The number of nitrogens with zero attached hydrogens (tertiary/aromatic N) is 4. The van der Waals surface area contributed by atoms with Crippen LogP contribution in [0.15, 0.2) is 30.5 Å². The number of aromatic nitrogens is 3. The second kappa shape index (κ2) is 5.68. The number of benzene rings is 1. The number of likely N-dealkylation sites (tertiary alicyclic amines) is 1. The lowest BCUT2D eigenvalue weighted by Gasteiger charge is -2.38. The fourth-order valence-corrected chi connectivity index (χ4v) is 2.80. The van der Waals surface area contributed by atoms with Crippen LogP contribution in [0.1, 0.15) is 36.1 Å². The molecule has 2 aromatic rings. The van der Waals surface area contributed by atoms with Crippen molar-refractivity contribution in [1.82, 2.24) is 19.9 Å². The van der Waals surface area contributed by atoms with Crippen molar-refractivity contribution in [2.45, 2.75) is 31.7 Å². The van der Waals surface area contributed by atoms with E-state index in [1.807, 2.05) is 42.1 Å². The van der Waals surface area contributed by atoms with Gasteiger partial charge in [-0.2, -0.15) is 0 Å². The highest BCUT2D eigenvalue weighted by atomic mass is 16.5. The van der Waals surface area contributed by atoms with E-state index in [1.165, 1.54) is 12.8 Å². The van der Waals surface area contributed by atoms with E-state index in [-0.39, 0.29) is 18.6 Å². The van der Waals surface area contributed by atoms with Gasteiger partial charge < -0.3 is 9.64 Å². The monoisotopic (exact) mass is 312 g/mol. The second-order valence-corrected chi connectivity index (χ2v) is 6.46. The number of aryl methyl sites for hydroxylation is 1. The van der Waals surface area contributed by atoms with Crippen LogP contribution in [0.5, 0.6) is 5.75 Å². The number of amides is 1. The molecular weight excluding hydrogens is 292 g/mol. The first-order valence-electron chi connectivity index (χ1n) is 8.08. The number of hydrogen-bond acceptors (Lipinski definition) is 4. The molecule has 2 aliphatic rings. The molecule has 1 aromatic heterocycles. The van der Waals surface area contributed by atoms with E-state index in [0.29, 0.717) is 19.0 Å². The molecule has 0 spiro atoms. The Balaban J connectivity index is 1.26. The standard InChI is InChI=1S/C17H20N4O2/c1-12-3-2-4-15(7-12)23-11-17(22)20-8-14(9-20)21-10-16(18-19-21)13-5-6-13/h2-4,7,10,13-14H,5-6,8-9,11H2,1H3. The van der Waals surface area contributed by atoms with Crippen molar-refractivity contribution in [2.75, 3.05) is 19.7 Å². The molecular formula is C17H20N4O2. The highest BCUT2D eigenvalue weighted by molar-refractivity contribution is 5.78. The normalized spacial score (nSPS) is 17.9. The summed E-state index contributed by atoms with van der Waals surface area (Å²) in [5.74, 6) is 1.37. The lowest BCUT2D eigenvalue weighted by atomic mass is 10.1. The van der Waals surface area contributed by atoms with Gasteiger partial charge >= 0.3 is 0 Å². The average Bonchev–Trinajstić information content (AvgIpc) is 3.23. The molecule has 6 heteroatoms. The number of carbonyl (C=O) groups excluding carboxylic acids is 1. The van der Waals surface area contributed by atoms with Gasteiger partial charge in [-0.25, -0.2) is 4.68 Å². The van der Waals surface area contributed by atoms with Crippen LogP contribution >= 0.6 is 0 Å². The van der Waals surface area contributed by atoms with Gasteiger partial charge in [-0.1, -0.05) is 17.3 Å². The number of ether oxygens (including phenoxy) is 1.